The van der Waals surface area contributed by atoms with Gasteiger partial charge in [-0.15, -0.1) is 0 Å². The summed E-state index contributed by atoms with van der Waals surface area (Å²) in [4.78, 5) is 33.3. The van der Waals surface area contributed by atoms with Crippen LogP contribution in [0.4, 0.5) is 68.2 Å². The van der Waals surface area contributed by atoms with Crippen LogP contribution in [-0.4, -0.2) is 84.6 Å². The summed E-state index contributed by atoms with van der Waals surface area (Å²) < 4.78 is 0. The van der Waals surface area contributed by atoms with Gasteiger partial charge in [0.1, 0.15) is 0 Å². The minimum atomic E-state index is 0. The van der Waals surface area contributed by atoms with Crippen LogP contribution in [0.25, 0.3) is 29.1 Å². The standard InChI is InChI=1S/6C11H14N2.W/c6*1-8-6-10(13(4)5)7-9(2)11(8)12-3;/h6*6-7H,1-2,4-5H3;. The van der Waals surface area contributed by atoms with Gasteiger partial charge < -0.3 is 29.4 Å². The van der Waals surface area contributed by atoms with Gasteiger partial charge in [-0.2, -0.15) is 0 Å². The Bertz CT molecular complexity index is 2590. The summed E-state index contributed by atoms with van der Waals surface area (Å²) in [7, 11) is 24.1. The molecule has 6 aromatic carbocycles. The topological polar surface area (TPSA) is 45.6 Å². The normalized spacial score (nSPS) is 9.34. The molecule has 0 bridgehead atoms. The molecule has 0 spiro atoms. The zero-order valence-electron chi connectivity index (χ0n) is 51.7. The van der Waals surface area contributed by atoms with Crippen LogP contribution in [0.5, 0.6) is 0 Å². The molecule has 414 valence electrons. The van der Waals surface area contributed by atoms with Gasteiger partial charge in [0.15, 0.2) is 34.1 Å². The van der Waals surface area contributed by atoms with Crippen molar-refractivity contribution in [1.82, 2.24) is 0 Å². The third-order valence-corrected chi connectivity index (χ3v) is 12.6. The van der Waals surface area contributed by atoms with Gasteiger partial charge in [0.05, 0.1) is 39.4 Å². The molecule has 6 rings (SSSR count). The number of benzene rings is 6. The summed E-state index contributed by atoms with van der Waals surface area (Å²) in [6, 6.07) is 24.5. The molecule has 0 atom stereocenters. The Morgan fingerprint density at radius 1 is 0.203 bits per heavy atom. The first-order valence-electron chi connectivity index (χ1n) is 25.3. The van der Waals surface area contributed by atoms with Gasteiger partial charge in [-0.3, -0.25) is 0 Å². The second-order valence-corrected chi connectivity index (χ2v) is 20.6. The molecule has 0 fully saturated rings. The van der Waals surface area contributed by atoms with Crippen LogP contribution >= 0.6 is 0 Å². The van der Waals surface area contributed by atoms with Crippen molar-refractivity contribution >= 4 is 68.2 Å². The molecule has 0 N–H and O–H groups in total. The van der Waals surface area contributed by atoms with Crippen molar-refractivity contribution in [3.8, 4) is 0 Å². The second kappa shape index (κ2) is 33.1. The molecule has 0 unspecified atom stereocenters. The predicted molar refractivity (Wildman–Crippen MR) is 339 cm³/mol. The number of hydrogen-bond donors (Lipinski definition) is 0. The van der Waals surface area contributed by atoms with E-state index in [9.17, 15) is 0 Å². The molecule has 0 aromatic heterocycles. The monoisotopic (exact) mass is 1230 g/mol. The molecule has 0 saturated heterocycles. The molecule has 0 heterocycles. The van der Waals surface area contributed by atoms with Crippen LogP contribution in [0.2, 0.25) is 0 Å². The van der Waals surface area contributed by atoms with Crippen LogP contribution in [0.3, 0.4) is 0 Å². The van der Waals surface area contributed by atoms with Gasteiger partial charge in [0, 0.05) is 140 Å². The Balaban J connectivity index is 0.000000922. The minimum Gasteiger partial charge on any atom is -0.378 e. The SMILES string of the molecule is [C-]#[N+]c1c(C)cc(N(C)C)cc1C.[C-]#[N+]c1c(C)cc(N(C)C)cc1C.[C-]#[N+]c1c(C)cc(N(C)C)cc1C.[C-]#[N+]c1c(C)cc(N(C)C)cc1C.[C-]#[N+]c1c(C)cc(N(C)C)cc1C.[C-]#[N+]c1c(C)cc(N(C)C)cc1C.[W]. The van der Waals surface area contributed by atoms with E-state index in [0.717, 1.165) is 135 Å². The average molecular weight is 1230 g/mol. The van der Waals surface area contributed by atoms with Gasteiger partial charge in [0.25, 0.3) is 0 Å². The van der Waals surface area contributed by atoms with Crippen molar-refractivity contribution in [2.24, 2.45) is 0 Å². The molecule has 0 radical (unpaired) electrons. The Hall–Kier alpha value is -8.25. The van der Waals surface area contributed by atoms with E-state index in [0.29, 0.717) is 0 Å². The molecule has 13 heteroatoms. The first-order valence-corrected chi connectivity index (χ1v) is 25.3. The summed E-state index contributed by atoms with van der Waals surface area (Å²) in [6.07, 6.45) is 0. The zero-order chi connectivity index (χ0) is 60.0. The second-order valence-electron chi connectivity index (χ2n) is 20.6. The van der Waals surface area contributed by atoms with Crippen LogP contribution < -0.4 is 29.4 Å². The van der Waals surface area contributed by atoms with E-state index in [-0.39, 0.29) is 21.1 Å². The smallest absolute Gasteiger partial charge is 0.193 e. The van der Waals surface area contributed by atoms with Crippen molar-refractivity contribution in [3.05, 3.63) is 208 Å². The fourth-order valence-corrected chi connectivity index (χ4v) is 8.21. The number of anilines is 6. The summed E-state index contributed by atoms with van der Waals surface area (Å²) >= 11 is 0. The van der Waals surface area contributed by atoms with E-state index in [1.54, 1.807) is 0 Å². The van der Waals surface area contributed by atoms with Crippen molar-refractivity contribution < 1.29 is 21.1 Å². The molecular weight excluding hydrogens is 1140 g/mol. The average Bonchev–Trinajstić information content (AvgIpc) is 3.34. The van der Waals surface area contributed by atoms with Gasteiger partial charge in [-0.05, 0) is 223 Å². The fraction of sp³-hybridized carbons (Fsp3) is 0.364. The molecule has 0 saturated carbocycles. The van der Waals surface area contributed by atoms with Crippen LogP contribution in [-0.2, 0) is 21.1 Å². The summed E-state index contributed by atoms with van der Waals surface area (Å²) in [6.45, 7) is 65.8. The third-order valence-electron chi connectivity index (χ3n) is 12.6. The first-order chi connectivity index (χ1) is 36.3. The van der Waals surface area contributed by atoms with Crippen LogP contribution in [0, 0.1) is 123 Å². The Morgan fingerprint density at radius 3 is 0.329 bits per heavy atom. The summed E-state index contributed by atoms with van der Waals surface area (Å²) in [5.41, 5.74) is 24.3. The number of hydrogen-bond acceptors (Lipinski definition) is 6. The van der Waals surface area contributed by atoms with E-state index in [4.69, 9.17) is 39.4 Å². The fourth-order valence-electron chi connectivity index (χ4n) is 8.21. The molecule has 79 heavy (non-hydrogen) atoms. The maximum Gasteiger partial charge on any atom is 0.193 e. The maximum atomic E-state index is 7.01. The van der Waals surface area contributed by atoms with Gasteiger partial charge in [0.2, 0.25) is 0 Å². The van der Waals surface area contributed by atoms with Crippen LogP contribution in [0.15, 0.2) is 72.8 Å². The van der Waals surface area contributed by atoms with Gasteiger partial charge in [-0.1, -0.05) is 0 Å². The first kappa shape index (κ1) is 70.7. The van der Waals surface area contributed by atoms with E-state index in [2.05, 4.69) is 29.1 Å². The number of rotatable bonds is 6. The van der Waals surface area contributed by atoms with Crippen molar-refractivity contribution in [2.45, 2.75) is 83.1 Å². The zero-order valence-corrected chi connectivity index (χ0v) is 54.6. The molecule has 0 aliphatic heterocycles. The van der Waals surface area contributed by atoms with E-state index in [1.807, 2.05) is 270 Å². The predicted octanol–water partition coefficient (Wildman–Crippen LogP) is 17.5. The molecule has 12 nitrogen and oxygen atoms in total. The Labute approximate surface area is 491 Å². The molecular formula is C66H84N12W. The molecule has 6 aromatic rings. The third kappa shape index (κ3) is 20.9. The van der Waals surface area contributed by atoms with Crippen molar-refractivity contribution in [1.29, 1.82) is 0 Å². The van der Waals surface area contributed by atoms with Crippen molar-refractivity contribution in [2.75, 3.05) is 114 Å². The number of nitrogens with zero attached hydrogens (tertiary/aromatic N) is 12. The Kier molecular flexibility index (Phi) is 29.7. The Morgan fingerprint density at radius 2 is 0.278 bits per heavy atom. The van der Waals surface area contributed by atoms with E-state index in [1.165, 1.54) is 0 Å². The van der Waals surface area contributed by atoms with Crippen molar-refractivity contribution in [3.63, 3.8) is 0 Å². The largest absolute Gasteiger partial charge is 0.378 e. The molecule has 0 aliphatic rings. The minimum absolute atomic E-state index is 0. The molecule has 0 aliphatic carbocycles. The van der Waals surface area contributed by atoms with Gasteiger partial charge >= 0.3 is 0 Å². The number of aryl methyl sites for hydroxylation is 12. The maximum absolute atomic E-state index is 7.01. The molecule has 0 amide bonds. The summed E-state index contributed by atoms with van der Waals surface area (Å²) in [5, 5.41) is 0. The van der Waals surface area contributed by atoms with Crippen LogP contribution in [0.1, 0.15) is 66.8 Å². The quantitative estimate of drug-likeness (QED) is 0.155. The van der Waals surface area contributed by atoms with Gasteiger partial charge in [-0.25, -0.2) is 29.1 Å². The van der Waals surface area contributed by atoms with E-state index >= 15 is 0 Å². The summed E-state index contributed by atoms with van der Waals surface area (Å²) in [5.74, 6) is 0. The van der Waals surface area contributed by atoms with E-state index < -0.39 is 0 Å².